The highest BCUT2D eigenvalue weighted by Crippen LogP contribution is 2.38. The summed E-state index contributed by atoms with van der Waals surface area (Å²) in [7, 11) is 0. The molecule has 0 radical (unpaired) electrons. The Kier molecular flexibility index (Phi) is 4.58. The van der Waals surface area contributed by atoms with Crippen LogP contribution in [-0.4, -0.2) is 53.0 Å². The van der Waals surface area contributed by atoms with E-state index in [-0.39, 0.29) is 30.4 Å². The number of imide groups is 1. The number of nitrogens with one attached hydrogen (secondary N) is 1. The Morgan fingerprint density at radius 1 is 1.12 bits per heavy atom. The van der Waals surface area contributed by atoms with Gasteiger partial charge >= 0.3 is 6.03 Å². The molecule has 2 saturated heterocycles. The van der Waals surface area contributed by atoms with Crippen molar-refractivity contribution in [2.24, 2.45) is 0 Å². The number of urea groups is 1. The number of fused-ring (bicyclic) bond motifs is 1. The van der Waals surface area contributed by atoms with Crippen LogP contribution in [0.4, 0.5) is 4.79 Å². The van der Waals surface area contributed by atoms with E-state index in [1.54, 1.807) is 4.90 Å². The van der Waals surface area contributed by atoms with Crippen molar-refractivity contribution in [3.05, 3.63) is 35.4 Å². The number of likely N-dealkylation sites (N-methyl/N-ethyl adjacent to an activating group) is 1. The summed E-state index contributed by atoms with van der Waals surface area (Å²) < 4.78 is 0. The summed E-state index contributed by atoms with van der Waals surface area (Å²) in [4.78, 5) is 29.6. The van der Waals surface area contributed by atoms with Gasteiger partial charge in [-0.05, 0) is 56.8 Å². The van der Waals surface area contributed by atoms with Crippen molar-refractivity contribution in [2.45, 2.75) is 44.2 Å². The van der Waals surface area contributed by atoms with Crippen molar-refractivity contribution >= 4 is 24.3 Å². The maximum absolute atomic E-state index is 13.2. The van der Waals surface area contributed by atoms with Crippen LogP contribution in [0.5, 0.6) is 0 Å². The monoisotopic (exact) mass is 349 g/mol. The lowest BCUT2D eigenvalue weighted by molar-refractivity contribution is -0.135. The second-order valence-corrected chi connectivity index (χ2v) is 6.81. The fourth-order valence-electron chi connectivity index (χ4n) is 4.54. The summed E-state index contributed by atoms with van der Waals surface area (Å²) in [6.07, 6.45) is 3.03. The van der Waals surface area contributed by atoms with E-state index in [1.807, 2.05) is 24.0 Å². The first-order chi connectivity index (χ1) is 11.2. The SMILES string of the molecule is CCN1C(=O)N(C2Cc3ccccc3C2)C(=O)C12CCNCC2.Cl. The molecule has 24 heavy (non-hydrogen) atoms. The first-order valence-electron chi connectivity index (χ1n) is 8.60. The van der Waals surface area contributed by atoms with Gasteiger partial charge in [-0.2, -0.15) is 0 Å². The molecule has 1 aliphatic carbocycles. The maximum atomic E-state index is 13.2. The number of carbonyl (C=O) groups excluding carboxylic acids is 2. The van der Waals surface area contributed by atoms with Crippen molar-refractivity contribution in [3.63, 3.8) is 0 Å². The molecular weight excluding hydrogens is 326 g/mol. The second-order valence-electron chi connectivity index (χ2n) is 6.81. The van der Waals surface area contributed by atoms with E-state index < -0.39 is 5.54 Å². The lowest BCUT2D eigenvalue weighted by atomic mass is 9.86. The summed E-state index contributed by atoms with van der Waals surface area (Å²) in [6.45, 7) is 4.17. The molecule has 1 aromatic rings. The number of piperidine rings is 1. The molecule has 5 nitrogen and oxygen atoms in total. The van der Waals surface area contributed by atoms with Gasteiger partial charge in [0.05, 0.1) is 0 Å². The van der Waals surface area contributed by atoms with Crippen LogP contribution in [-0.2, 0) is 17.6 Å². The molecule has 3 aliphatic rings. The summed E-state index contributed by atoms with van der Waals surface area (Å²) in [5, 5.41) is 3.31. The van der Waals surface area contributed by atoms with Crippen molar-refractivity contribution < 1.29 is 9.59 Å². The van der Waals surface area contributed by atoms with E-state index >= 15 is 0 Å². The molecule has 130 valence electrons. The molecule has 0 saturated carbocycles. The van der Waals surface area contributed by atoms with Gasteiger partial charge in [-0.3, -0.25) is 9.69 Å². The van der Waals surface area contributed by atoms with Crippen LogP contribution >= 0.6 is 12.4 Å². The zero-order valence-corrected chi connectivity index (χ0v) is 14.8. The lowest BCUT2D eigenvalue weighted by Gasteiger charge is -2.37. The van der Waals surface area contributed by atoms with Crippen LogP contribution in [0.15, 0.2) is 24.3 Å². The van der Waals surface area contributed by atoms with E-state index in [2.05, 4.69) is 17.4 Å². The Hall–Kier alpha value is -1.59. The third-order valence-electron chi connectivity index (χ3n) is 5.71. The first kappa shape index (κ1) is 17.2. The highest BCUT2D eigenvalue weighted by Gasteiger charge is 2.58. The highest BCUT2D eigenvalue weighted by atomic mass is 35.5. The summed E-state index contributed by atoms with van der Waals surface area (Å²) >= 11 is 0. The molecule has 3 amide bonds. The van der Waals surface area contributed by atoms with E-state index in [1.165, 1.54) is 11.1 Å². The van der Waals surface area contributed by atoms with Crippen LogP contribution in [0.1, 0.15) is 30.9 Å². The predicted molar refractivity (Wildman–Crippen MR) is 94.3 cm³/mol. The number of rotatable bonds is 2. The van der Waals surface area contributed by atoms with Gasteiger partial charge in [0.2, 0.25) is 0 Å². The van der Waals surface area contributed by atoms with E-state index in [0.29, 0.717) is 6.54 Å². The number of halogens is 1. The fourth-order valence-corrected chi connectivity index (χ4v) is 4.54. The largest absolute Gasteiger partial charge is 0.327 e. The summed E-state index contributed by atoms with van der Waals surface area (Å²) in [5.74, 6) is 0.0312. The summed E-state index contributed by atoms with van der Waals surface area (Å²) in [5.41, 5.74) is 1.94. The Bertz CT molecular complexity index is 632. The van der Waals surface area contributed by atoms with E-state index in [0.717, 1.165) is 38.8 Å². The van der Waals surface area contributed by atoms with Gasteiger partial charge in [-0.15, -0.1) is 12.4 Å². The van der Waals surface area contributed by atoms with Crippen molar-refractivity contribution in [2.75, 3.05) is 19.6 Å². The Labute approximate surface area is 148 Å². The zero-order valence-electron chi connectivity index (χ0n) is 14.0. The minimum absolute atomic E-state index is 0. The number of carbonyl (C=O) groups is 2. The van der Waals surface area contributed by atoms with Gasteiger partial charge in [-0.1, -0.05) is 24.3 Å². The highest BCUT2D eigenvalue weighted by molar-refractivity contribution is 6.07. The molecule has 2 heterocycles. The normalized spacial score (nSPS) is 22.9. The minimum Gasteiger partial charge on any atom is -0.317 e. The first-order valence-corrected chi connectivity index (χ1v) is 8.60. The van der Waals surface area contributed by atoms with E-state index in [4.69, 9.17) is 0 Å². The van der Waals surface area contributed by atoms with Gasteiger partial charge < -0.3 is 10.2 Å². The number of benzene rings is 1. The molecular formula is C18H24ClN3O2. The molecule has 0 bridgehead atoms. The molecule has 4 rings (SSSR count). The molecule has 2 fully saturated rings. The van der Waals surface area contributed by atoms with Crippen molar-refractivity contribution in [1.82, 2.24) is 15.1 Å². The molecule has 2 aliphatic heterocycles. The minimum atomic E-state index is -0.605. The molecule has 0 aromatic heterocycles. The maximum Gasteiger partial charge on any atom is 0.327 e. The molecule has 6 heteroatoms. The Balaban J connectivity index is 0.00000169. The smallest absolute Gasteiger partial charge is 0.317 e. The molecule has 1 N–H and O–H groups in total. The fraction of sp³-hybridized carbons (Fsp3) is 0.556. The van der Waals surface area contributed by atoms with Crippen molar-refractivity contribution in [3.8, 4) is 0 Å². The number of nitrogens with zero attached hydrogens (tertiary/aromatic N) is 2. The van der Waals surface area contributed by atoms with Crippen LogP contribution in [0.2, 0.25) is 0 Å². The third-order valence-corrected chi connectivity index (χ3v) is 5.71. The quantitative estimate of drug-likeness (QED) is 0.831. The van der Waals surface area contributed by atoms with Crippen LogP contribution < -0.4 is 5.32 Å². The van der Waals surface area contributed by atoms with Crippen LogP contribution in [0.3, 0.4) is 0 Å². The number of amides is 3. The average Bonchev–Trinajstić information content (AvgIpc) is 3.06. The number of hydrogen-bond acceptors (Lipinski definition) is 3. The molecule has 0 unspecified atom stereocenters. The topological polar surface area (TPSA) is 52.7 Å². The van der Waals surface area contributed by atoms with Crippen LogP contribution in [0.25, 0.3) is 0 Å². The van der Waals surface area contributed by atoms with E-state index in [9.17, 15) is 9.59 Å². The van der Waals surface area contributed by atoms with Gasteiger partial charge in [0.25, 0.3) is 5.91 Å². The number of hydrogen-bond donors (Lipinski definition) is 1. The molecule has 1 spiro atoms. The van der Waals surface area contributed by atoms with Gasteiger partial charge in [0.1, 0.15) is 5.54 Å². The van der Waals surface area contributed by atoms with Gasteiger partial charge in [-0.25, -0.2) is 4.79 Å². The average molecular weight is 350 g/mol. The standard InChI is InChI=1S/C18H23N3O2.ClH/c1-2-20-17(23)21(16(22)18(20)7-9-19-10-8-18)15-11-13-5-3-4-6-14(13)12-15;/h3-6,15,19H,2,7-12H2,1H3;1H. The third kappa shape index (κ3) is 2.33. The van der Waals surface area contributed by atoms with Gasteiger partial charge in [0.15, 0.2) is 0 Å². The lowest BCUT2D eigenvalue weighted by Crippen LogP contribution is -2.55. The second kappa shape index (κ2) is 6.37. The van der Waals surface area contributed by atoms with Crippen LogP contribution in [0, 0.1) is 0 Å². The Morgan fingerprint density at radius 2 is 1.71 bits per heavy atom. The van der Waals surface area contributed by atoms with Crippen molar-refractivity contribution in [1.29, 1.82) is 0 Å². The Morgan fingerprint density at radius 3 is 2.25 bits per heavy atom. The van der Waals surface area contributed by atoms with Gasteiger partial charge in [0, 0.05) is 12.6 Å². The summed E-state index contributed by atoms with van der Waals surface area (Å²) in [6, 6.07) is 8.17. The predicted octanol–water partition coefficient (Wildman–Crippen LogP) is 1.98. The molecule has 1 aromatic carbocycles. The molecule has 0 atom stereocenters. The zero-order chi connectivity index (χ0) is 16.0.